The molecule has 21 heavy (non-hydrogen) atoms. The van der Waals surface area contributed by atoms with Gasteiger partial charge in [-0.2, -0.15) is 0 Å². The average molecular weight is 291 g/mol. The molecule has 7 nitrogen and oxygen atoms in total. The summed E-state index contributed by atoms with van der Waals surface area (Å²) in [5, 5.41) is 11.0. The second-order valence-electron chi connectivity index (χ2n) is 5.36. The standard InChI is InChI=1S/C14H17N3O4/c18-14(16-10-9-15-7-5-11(16)6-8-15)21-13-4-2-1-3-12(13)17(19)20/h1-4,11H,5-10H2. The highest BCUT2D eigenvalue weighted by molar-refractivity contribution is 5.72. The summed E-state index contributed by atoms with van der Waals surface area (Å²) >= 11 is 0. The van der Waals surface area contributed by atoms with Crippen LogP contribution in [0.2, 0.25) is 0 Å². The summed E-state index contributed by atoms with van der Waals surface area (Å²) in [4.78, 5) is 26.8. The zero-order valence-electron chi connectivity index (χ0n) is 11.6. The lowest BCUT2D eigenvalue weighted by molar-refractivity contribution is -0.385. The second kappa shape index (κ2) is 5.69. The lowest BCUT2D eigenvalue weighted by atomic mass is 10.1. The molecule has 0 aromatic heterocycles. The predicted molar refractivity (Wildman–Crippen MR) is 75.3 cm³/mol. The molecule has 0 spiro atoms. The molecule has 3 heterocycles. The molecule has 1 aromatic rings. The highest BCUT2D eigenvalue weighted by Crippen LogP contribution is 2.28. The molecular weight excluding hydrogens is 274 g/mol. The Hall–Kier alpha value is -2.15. The fraction of sp³-hybridized carbons (Fsp3) is 0.500. The number of rotatable bonds is 2. The molecular formula is C14H17N3O4. The molecule has 0 radical (unpaired) electrons. The summed E-state index contributed by atoms with van der Waals surface area (Å²) in [6, 6.07) is 6.14. The van der Waals surface area contributed by atoms with E-state index in [2.05, 4.69) is 4.90 Å². The molecule has 1 amide bonds. The van der Waals surface area contributed by atoms with Crippen molar-refractivity contribution in [2.45, 2.75) is 18.9 Å². The van der Waals surface area contributed by atoms with Crippen molar-refractivity contribution in [1.82, 2.24) is 9.80 Å². The van der Waals surface area contributed by atoms with Gasteiger partial charge in [-0.3, -0.25) is 10.1 Å². The Balaban J connectivity index is 1.76. The minimum Gasteiger partial charge on any atom is -0.403 e. The van der Waals surface area contributed by atoms with Crippen LogP contribution < -0.4 is 4.74 Å². The van der Waals surface area contributed by atoms with E-state index in [1.807, 2.05) is 0 Å². The van der Waals surface area contributed by atoms with Crippen molar-refractivity contribution >= 4 is 11.8 Å². The SMILES string of the molecule is O=C(Oc1ccccc1[N+](=O)[O-])N1CCN2CCC1CC2. The molecule has 2 bridgehead atoms. The van der Waals surface area contributed by atoms with Crippen molar-refractivity contribution in [3.05, 3.63) is 34.4 Å². The lowest BCUT2D eigenvalue weighted by Gasteiger charge is -2.30. The summed E-state index contributed by atoms with van der Waals surface area (Å²) in [5.41, 5.74) is -0.186. The van der Waals surface area contributed by atoms with Crippen LogP contribution in [0, 0.1) is 10.1 Å². The van der Waals surface area contributed by atoms with Crippen LogP contribution in [0.25, 0.3) is 0 Å². The summed E-state index contributed by atoms with van der Waals surface area (Å²) in [7, 11) is 0. The number of benzene rings is 1. The Labute approximate surface area is 122 Å². The number of nitrogens with zero attached hydrogens (tertiary/aromatic N) is 3. The van der Waals surface area contributed by atoms with E-state index in [4.69, 9.17) is 4.74 Å². The lowest BCUT2D eigenvalue weighted by Crippen LogP contribution is -2.43. The number of hydrogen-bond donors (Lipinski definition) is 0. The molecule has 0 N–H and O–H groups in total. The Morgan fingerprint density at radius 2 is 1.90 bits per heavy atom. The van der Waals surface area contributed by atoms with Gasteiger partial charge in [-0.05, 0) is 18.9 Å². The molecule has 0 unspecified atom stereocenters. The van der Waals surface area contributed by atoms with E-state index in [1.165, 1.54) is 12.1 Å². The van der Waals surface area contributed by atoms with E-state index >= 15 is 0 Å². The fourth-order valence-electron chi connectivity index (χ4n) is 2.97. The van der Waals surface area contributed by atoms with Gasteiger partial charge in [0.1, 0.15) is 0 Å². The van der Waals surface area contributed by atoms with Crippen LogP contribution in [-0.2, 0) is 0 Å². The summed E-state index contributed by atoms with van der Waals surface area (Å²) in [6.45, 7) is 3.45. The van der Waals surface area contributed by atoms with Crippen molar-refractivity contribution in [1.29, 1.82) is 0 Å². The largest absolute Gasteiger partial charge is 0.415 e. The van der Waals surface area contributed by atoms with Crippen molar-refractivity contribution in [2.75, 3.05) is 26.2 Å². The van der Waals surface area contributed by atoms with Gasteiger partial charge < -0.3 is 14.5 Å². The summed E-state index contributed by atoms with van der Waals surface area (Å²) in [6.07, 6.45) is 1.39. The third kappa shape index (κ3) is 2.82. The molecule has 3 fully saturated rings. The number of nitro benzene ring substituents is 1. The molecule has 0 atom stereocenters. The summed E-state index contributed by atoms with van der Waals surface area (Å²) in [5.74, 6) is 0.00611. The first-order chi connectivity index (χ1) is 10.1. The molecule has 3 aliphatic rings. The molecule has 4 rings (SSSR count). The number of carbonyl (C=O) groups excluding carboxylic acids is 1. The maximum absolute atomic E-state index is 12.3. The third-order valence-corrected chi connectivity index (χ3v) is 4.15. The van der Waals surface area contributed by atoms with Gasteiger partial charge in [-0.1, -0.05) is 12.1 Å². The van der Waals surface area contributed by atoms with Crippen molar-refractivity contribution in [3.8, 4) is 5.75 Å². The van der Waals surface area contributed by atoms with Gasteiger partial charge in [0.05, 0.1) is 4.92 Å². The van der Waals surface area contributed by atoms with Gasteiger partial charge in [0.2, 0.25) is 5.75 Å². The van der Waals surface area contributed by atoms with E-state index < -0.39 is 11.0 Å². The minimum absolute atomic E-state index is 0.00611. The van der Waals surface area contributed by atoms with Crippen LogP contribution >= 0.6 is 0 Å². The molecule has 1 aromatic carbocycles. The Morgan fingerprint density at radius 3 is 2.62 bits per heavy atom. The van der Waals surface area contributed by atoms with Crippen LogP contribution in [0.3, 0.4) is 0 Å². The van der Waals surface area contributed by atoms with Crippen LogP contribution in [-0.4, -0.2) is 53.0 Å². The van der Waals surface area contributed by atoms with Crippen LogP contribution in [0.15, 0.2) is 24.3 Å². The maximum Gasteiger partial charge on any atom is 0.415 e. The average Bonchev–Trinajstić information content (AvgIpc) is 2.81. The number of nitro groups is 1. The third-order valence-electron chi connectivity index (χ3n) is 4.15. The van der Waals surface area contributed by atoms with Gasteiger partial charge in [0, 0.05) is 38.3 Å². The van der Waals surface area contributed by atoms with E-state index in [9.17, 15) is 14.9 Å². The van der Waals surface area contributed by atoms with Gasteiger partial charge in [0.15, 0.2) is 0 Å². The number of hydrogen-bond acceptors (Lipinski definition) is 5. The van der Waals surface area contributed by atoms with Crippen LogP contribution in [0.4, 0.5) is 10.5 Å². The number of piperidine rings is 1. The smallest absolute Gasteiger partial charge is 0.403 e. The number of fused-ring (bicyclic) bond motifs is 4. The van der Waals surface area contributed by atoms with Crippen molar-refractivity contribution < 1.29 is 14.5 Å². The normalized spacial score (nSPS) is 24.5. The fourth-order valence-corrected chi connectivity index (χ4v) is 2.97. The van der Waals surface area contributed by atoms with Crippen molar-refractivity contribution in [3.63, 3.8) is 0 Å². The van der Waals surface area contributed by atoms with Gasteiger partial charge in [-0.15, -0.1) is 0 Å². The molecule has 3 aliphatic heterocycles. The van der Waals surface area contributed by atoms with E-state index in [1.54, 1.807) is 17.0 Å². The first-order valence-corrected chi connectivity index (χ1v) is 7.09. The molecule has 0 saturated carbocycles. The number of amides is 1. The van der Waals surface area contributed by atoms with Crippen molar-refractivity contribution in [2.24, 2.45) is 0 Å². The van der Waals surface area contributed by atoms with Gasteiger partial charge in [0.25, 0.3) is 0 Å². The number of ether oxygens (including phenoxy) is 1. The first kappa shape index (κ1) is 13.8. The van der Waals surface area contributed by atoms with Crippen LogP contribution in [0.5, 0.6) is 5.75 Å². The number of carbonyl (C=O) groups is 1. The Morgan fingerprint density at radius 1 is 1.19 bits per heavy atom. The molecule has 0 aliphatic carbocycles. The first-order valence-electron chi connectivity index (χ1n) is 7.09. The second-order valence-corrected chi connectivity index (χ2v) is 5.36. The highest BCUT2D eigenvalue weighted by Gasteiger charge is 2.33. The Bertz CT molecular complexity index is 555. The monoisotopic (exact) mass is 291 g/mol. The Kier molecular flexibility index (Phi) is 3.74. The van der Waals surface area contributed by atoms with Gasteiger partial charge in [-0.25, -0.2) is 4.79 Å². The van der Waals surface area contributed by atoms with E-state index in [-0.39, 0.29) is 17.5 Å². The van der Waals surface area contributed by atoms with E-state index in [0.717, 1.165) is 32.5 Å². The molecule has 112 valence electrons. The molecule has 3 saturated heterocycles. The predicted octanol–water partition coefficient (Wildman–Crippen LogP) is 1.87. The maximum atomic E-state index is 12.3. The summed E-state index contributed by atoms with van der Waals surface area (Å²) < 4.78 is 5.28. The zero-order valence-corrected chi connectivity index (χ0v) is 11.6. The zero-order chi connectivity index (χ0) is 14.8. The van der Waals surface area contributed by atoms with E-state index in [0.29, 0.717) is 6.54 Å². The quantitative estimate of drug-likeness (QED) is 0.614. The highest BCUT2D eigenvalue weighted by atomic mass is 16.6. The van der Waals surface area contributed by atoms with Gasteiger partial charge >= 0.3 is 11.8 Å². The topological polar surface area (TPSA) is 75.9 Å². The number of para-hydroxylation sites is 2. The van der Waals surface area contributed by atoms with Crippen LogP contribution in [0.1, 0.15) is 12.8 Å². The molecule has 7 heteroatoms. The minimum atomic E-state index is -0.539.